The zero-order valence-corrected chi connectivity index (χ0v) is 14.1. The maximum atomic E-state index is 5.45. The highest BCUT2D eigenvalue weighted by Crippen LogP contribution is 2.30. The first-order valence-corrected chi connectivity index (χ1v) is 8.47. The summed E-state index contributed by atoms with van der Waals surface area (Å²) < 4.78 is 2.84. The highest BCUT2D eigenvalue weighted by atomic mass is 32.1. The number of hydrogen-bond donors (Lipinski definition) is 1. The Balaban J connectivity index is 2.12. The number of rotatable bonds is 6. The van der Waals surface area contributed by atoms with Gasteiger partial charge in [-0.25, -0.2) is 0 Å². The Hall–Kier alpha value is -2.20. The van der Waals surface area contributed by atoms with Crippen LogP contribution >= 0.6 is 12.2 Å². The SMILES string of the molecule is CCCCn1c(C(c2ccccc2)c2ccccc2)n[nH]c1=S. The maximum absolute atomic E-state index is 5.45. The average molecular weight is 323 g/mol. The first-order valence-electron chi connectivity index (χ1n) is 8.06. The van der Waals surface area contributed by atoms with Crippen molar-refractivity contribution in [1.29, 1.82) is 0 Å². The normalized spacial score (nSPS) is 11.0. The van der Waals surface area contributed by atoms with Crippen LogP contribution in [0.5, 0.6) is 0 Å². The van der Waals surface area contributed by atoms with Gasteiger partial charge in [-0.3, -0.25) is 5.10 Å². The van der Waals surface area contributed by atoms with Crippen LogP contribution in [-0.2, 0) is 6.54 Å². The van der Waals surface area contributed by atoms with Crippen molar-refractivity contribution in [3.05, 3.63) is 82.4 Å². The molecule has 118 valence electrons. The van der Waals surface area contributed by atoms with Gasteiger partial charge in [-0.2, -0.15) is 5.10 Å². The molecular weight excluding hydrogens is 302 g/mol. The Bertz CT molecular complexity index is 751. The van der Waals surface area contributed by atoms with Gasteiger partial charge >= 0.3 is 0 Å². The number of nitrogens with one attached hydrogen (secondary N) is 1. The van der Waals surface area contributed by atoms with Gasteiger partial charge in [-0.1, -0.05) is 74.0 Å². The largest absolute Gasteiger partial charge is 0.303 e. The Morgan fingerprint density at radius 3 is 2.09 bits per heavy atom. The fraction of sp³-hybridized carbons (Fsp3) is 0.263. The molecule has 0 saturated carbocycles. The standard InChI is InChI=1S/C19H21N3S/c1-2-3-14-22-18(20-21-19(22)23)17(15-10-6-4-7-11-15)16-12-8-5-9-13-16/h4-13,17H,2-3,14H2,1H3,(H,21,23). The molecule has 0 aliphatic heterocycles. The first kappa shape index (κ1) is 15.7. The van der Waals surface area contributed by atoms with Crippen LogP contribution in [0.15, 0.2) is 60.7 Å². The van der Waals surface area contributed by atoms with Crippen LogP contribution in [0.3, 0.4) is 0 Å². The summed E-state index contributed by atoms with van der Waals surface area (Å²) in [6, 6.07) is 21.0. The first-order chi connectivity index (χ1) is 11.3. The van der Waals surface area contributed by atoms with Crippen LogP contribution in [0, 0.1) is 4.77 Å². The number of hydrogen-bond acceptors (Lipinski definition) is 2. The van der Waals surface area contributed by atoms with E-state index in [-0.39, 0.29) is 5.92 Å². The van der Waals surface area contributed by atoms with Crippen molar-refractivity contribution in [3.8, 4) is 0 Å². The molecule has 0 saturated heterocycles. The maximum Gasteiger partial charge on any atom is 0.195 e. The van der Waals surface area contributed by atoms with E-state index in [9.17, 15) is 0 Å². The predicted octanol–water partition coefficient (Wildman–Crippen LogP) is 4.92. The Labute approximate surface area is 142 Å². The molecule has 0 spiro atoms. The number of H-pyrrole nitrogens is 1. The van der Waals surface area contributed by atoms with E-state index in [1.807, 2.05) is 12.1 Å². The van der Waals surface area contributed by atoms with Crippen molar-refractivity contribution in [2.75, 3.05) is 0 Å². The third-order valence-electron chi connectivity index (χ3n) is 4.05. The molecule has 1 N–H and O–H groups in total. The van der Waals surface area contributed by atoms with Crippen LogP contribution in [0.1, 0.15) is 42.6 Å². The summed E-state index contributed by atoms with van der Waals surface area (Å²) >= 11 is 5.45. The quantitative estimate of drug-likeness (QED) is 0.653. The molecule has 0 unspecified atom stereocenters. The van der Waals surface area contributed by atoms with Crippen LogP contribution in [0.25, 0.3) is 0 Å². The minimum atomic E-state index is 0.0854. The monoisotopic (exact) mass is 323 g/mol. The summed E-state index contributed by atoms with van der Waals surface area (Å²) in [5.74, 6) is 1.07. The van der Waals surface area contributed by atoms with Gasteiger partial charge in [0.1, 0.15) is 5.82 Å². The van der Waals surface area contributed by atoms with E-state index in [0.717, 1.165) is 25.2 Å². The van der Waals surface area contributed by atoms with Crippen molar-refractivity contribution in [3.63, 3.8) is 0 Å². The van der Waals surface area contributed by atoms with Gasteiger partial charge in [-0.05, 0) is 29.8 Å². The van der Waals surface area contributed by atoms with E-state index in [1.54, 1.807) is 0 Å². The van der Waals surface area contributed by atoms with E-state index < -0.39 is 0 Å². The smallest absolute Gasteiger partial charge is 0.195 e. The molecule has 23 heavy (non-hydrogen) atoms. The molecule has 0 radical (unpaired) electrons. The molecular formula is C19H21N3S. The predicted molar refractivity (Wildman–Crippen MR) is 96.1 cm³/mol. The van der Waals surface area contributed by atoms with Crippen molar-refractivity contribution in [1.82, 2.24) is 14.8 Å². The fourth-order valence-corrected chi connectivity index (χ4v) is 3.09. The molecule has 0 bridgehead atoms. The zero-order chi connectivity index (χ0) is 16.1. The van der Waals surface area contributed by atoms with Crippen molar-refractivity contribution < 1.29 is 0 Å². The lowest BCUT2D eigenvalue weighted by Crippen LogP contribution is -2.12. The molecule has 0 atom stereocenters. The van der Waals surface area contributed by atoms with Crippen LogP contribution in [-0.4, -0.2) is 14.8 Å². The fourth-order valence-electron chi connectivity index (χ4n) is 2.86. The lowest BCUT2D eigenvalue weighted by molar-refractivity contribution is 0.591. The van der Waals surface area contributed by atoms with Gasteiger partial charge in [0.25, 0.3) is 0 Å². The molecule has 1 aromatic heterocycles. The van der Waals surface area contributed by atoms with E-state index in [0.29, 0.717) is 4.77 Å². The third kappa shape index (κ3) is 3.42. The highest BCUT2D eigenvalue weighted by Gasteiger charge is 2.22. The topological polar surface area (TPSA) is 33.6 Å². The molecule has 4 heteroatoms. The lowest BCUT2D eigenvalue weighted by atomic mass is 9.90. The van der Waals surface area contributed by atoms with E-state index in [4.69, 9.17) is 12.2 Å². The summed E-state index contributed by atoms with van der Waals surface area (Å²) in [4.78, 5) is 0. The summed E-state index contributed by atoms with van der Waals surface area (Å²) in [5.41, 5.74) is 2.45. The molecule has 0 fully saturated rings. The lowest BCUT2D eigenvalue weighted by Gasteiger charge is -2.18. The summed E-state index contributed by atoms with van der Waals surface area (Å²) in [7, 11) is 0. The highest BCUT2D eigenvalue weighted by molar-refractivity contribution is 7.71. The van der Waals surface area contributed by atoms with Crippen molar-refractivity contribution in [2.45, 2.75) is 32.2 Å². The van der Waals surface area contributed by atoms with Gasteiger partial charge in [-0.15, -0.1) is 0 Å². The summed E-state index contributed by atoms with van der Waals surface area (Å²) in [5, 5.41) is 7.55. The second kappa shape index (κ2) is 7.38. The zero-order valence-electron chi connectivity index (χ0n) is 13.3. The second-order valence-corrected chi connectivity index (χ2v) is 6.03. The van der Waals surface area contributed by atoms with Crippen LogP contribution in [0.4, 0.5) is 0 Å². The van der Waals surface area contributed by atoms with Crippen LogP contribution in [0.2, 0.25) is 0 Å². The minimum Gasteiger partial charge on any atom is -0.303 e. The Kier molecular flexibility index (Phi) is 5.03. The van der Waals surface area contributed by atoms with E-state index in [2.05, 4.69) is 70.2 Å². The molecule has 1 heterocycles. The van der Waals surface area contributed by atoms with Crippen molar-refractivity contribution >= 4 is 12.2 Å². The van der Waals surface area contributed by atoms with E-state index in [1.165, 1.54) is 11.1 Å². The molecule has 2 aromatic carbocycles. The summed E-state index contributed by atoms with van der Waals surface area (Å²) in [6.07, 6.45) is 2.23. The van der Waals surface area contributed by atoms with Gasteiger partial charge in [0.15, 0.2) is 4.77 Å². The van der Waals surface area contributed by atoms with Crippen molar-refractivity contribution in [2.24, 2.45) is 0 Å². The number of aromatic nitrogens is 3. The molecule has 0 aliphatic carbocycles. The molecule has 3 rings (SSSR count). The van der Waals surface area contributed by atoms with Gasteiger partial charge in [0.05, 0.1) is 5.92 Å². The number of benzene rings is 2. The van der Waals surface area contributed by atoms with Gasteiger partial charge in [0, 0.05) is 6.54 Å². The Morgan fingerprint density at radius 2 is 1.57 bits per heavy atom. The molecule has 3 aromatic rings. The molecule has 0 amide bonds. The second-order valence-electron chi connectivity index (χ2n) is 5.65. The van der Waals surface area contributed by atoms with Crippen LogP contribution < -0.4 is 0 Å². The van der Waals surface area contributed by atoms with Gasteiger partial charge in [0.2, 0.25) is 0 Å². The number of aromatic amines is 1. The molecule has 3 nitrogen and oxygen atoms in total. The number of nitrogens with zero attached hydrogens (tertiary/aromatic N) is 2. The third-order valence-corrected chi connectivity index (χ3v) is 4.36. The molecule has 0 aliphatic rings. The summed E-state index contributed by atoms with van der Waals surface area (Å²) in [6.45, 7) is 3.09. The van der Waals surface area contributed by atoms with Gasteiger partial charge < -0.3 is 4.57 Å². The minimum absolute atomic E-state index is 0.0854. The van der Waals surface area contributed by atoms with E-state index >= 15 is 0 Å². The number of unbranched alkanes of at least 4 members (excludes halogenated alkanes) is 1. The average Bonchev–Trinajstić information content (AvgIpc) is 2.96. The Morgan fingerprint density at radius 1 is 1.00 bits per heavy atom.